The maximum atomic E-state index is 5.82. The van der Waals surface area contributed by atoms with Crippen molar-refractivity contribution in [2.24, 2.45) is 0 Å². The molecule has 0 unspecified atom stereocenters. The van der Waals surface area contributed by atoms with Gasteiger partial charge in [-0.05, 0) is 99.2 Å². The SMILES string of the molecule is CN(C)CCCN(CCCN(C)C)c1nc(Nc2ccc(N)cc2)nc(NC(C)(C)C)n1. The van der Waals surface area contributed by atoms with Gasteiger partial charge >= 0.3 is 0 Å². The average Bonchev–Trinajstić information content (AvgIpc) is 2.66. The van der Waals surface area contributed by atoms with Crippen LogP contribution in [-0.4, -0.2) is 84.7 Å². The van der Waals surface area contributed by atoms with Gasteiger partial charge in [-0.1, -0.05) is 0 Å². The highest BCUT2D eigenvalue weighted by Gasteiger charge is 2.17. The lowest BCUT2D eigenvalue weighted by molar-refractivity contribution is 0.389. The molecule has 2 aromatic rings. The number of hydrogen-bond donors (Lipinski definition) is 3. The lowest BCUT2D eigenvalue weighted by Gasteiger charge is -2.26. The quantitative estimate of drug-likeness (QED) is 0.427. The molecule has 9 heteroatoms. The largest absolute Gasteiger partial charge is 0.399 e. The second-order valence-electron chi connectivity index (χ2n) is 9.71. The van der Waals surface area contributed by atoms with Crippen molar-refractivity contribution in [2.75, 3.05) is 75.6 Å². The van der Waals surface area contributed by atoms with E-state index in [1.54, 1.807) is 0 Å². The van der Waals surface area contributed by atoms with E-state index in [0.717, 1.165) is 50.4 Å². The molecule has 0 atom stereocenters. The summed E-state index contributed by atoms with van der Waals surface area (Å²) in [6.07, 6.45) is 2.06. The second kappa shape index (κ2) is 11.8. The van der Waals surface area contributed by atoms with Crippen molar-refractivity contribution in [1.82, 2.24) is 24.8 Å². The highest BCUT2D eigenvalue weighted by Crippen LogP contribution is 2.21. The van der Waals surface area contributed by atoms with Crippen LogP contribution in [0, 0.1) is 0 Å². The Bertz CT molecular complexity index is 799. The Hall–Kier alpha value is -2.65. The van der Waals surface area contributed by atoms with Crippen LogP contribution in [0.15, 0.2) is 24.3 Å². The molecule has 178 valence electrons. The summed E-state index contributed by atoms with van der Waals surface area (Å²) in [6.45, 7) is 10.1. The first-order valence-electron chi connectivity index (χ1n) is 11.2. The zero-order chi connectivity index (χ0) is 23.7. The third-order valence-electron chi connectivity index (χ3n) is 4.63. The molecule has 0 bridgehead atoms. The van der Waals surface area contributed by atoms with E-state index in [-0.39, 0.29) is 5.54 Å². The smallest absolute Gasteiger partial charge is 0.233 e. The third-order valence-corrected chi connectivity index (χ3v) is 4.63. The maximum Gasteiger partial charge on any atom is 0.233 e. The first kappa shape index (κ1) is 25.6. The summed E-state index contributed by atoms with van der Waals surface area (Å²) in [6, 6.07) is 7.55. The van der Waals surface area contributed by atoms with Gasteiger partial charge in [0.2, 0.25) is 17.8 Å². The second-order valence-corrected chi connectivity index (χ2v) is 9.71. The first-order chi connectivity index (χ1) is 15.0. The average molecular weight is 444 g/mol. The molecular formula is C23H41N9. The Morgan fingerprint density at radius 1 is 0.781 bits per heavy atom. The molecule has 0 saturated heterocycles. The molecule has 0 aliphatic rings. The molecule has 1 aromatic carbocycles. The van der Waals surface area contributed by atoms with Gasteiger partial charge in [0, 0.05) is 30.0 Å². The number of nitrogens with two attached hydrogens (primary N) is 1. The van der Waals surface area contributed by atoms with E-state index in [2.05, 4.69) is 79.3 Å². The van der Waals surface area contributed by atoms with Crippen molar-refractivity contribution in [2.45, 2.75) is 39.2 Å². The number of benzene rings is 1. The van der Waals surface area contributed by atoms with Crippen LogP contribution in [0.4, 0.5) is 29.2 Å². The third kappa shape index (κ3) is 9.65. The fraction of sp³-hybridized carbons (Fsp3) is 0.609. The van der Waals surface area contributed by atoms with Gasteiger partial charge in [-0.3, -0.25) is 0 Å². The summed E-state index contributed by atoms with van der Waals surface area (Å²) in [5.74, 6) is 1.75. The molecule has 0 aliphatic heterocycles. The predicted octanol–water partition coefficient (Wildman–Crippen LogP) is 3.12. The summed E-state index contributed by atoms with van der Waals surface area (Å²) >= 11 is 0. The molecule has 32 heavy (non-hydrogen) atoms. The van der Waals surface area contributed by atoms with Crippen molar-refractivity contribution in [3.05, 3.63) is 24.3 Å². The van der Waals surface area contributed by atoms with Crippen LogP contribution in [-0.2, 0) is 0 Å². The minimum absolute atomic E-state index is 0.169. The normalized spacial score (nSPS) is 11.8. The molecule has 1 aromatic heterocycles. The topological polar surface area (TPSA) is 98.5 Å². The van der Waals surface area contributed by atoms with Gasteiger partial charge in [0.1, 0.15) is 0 Å². The number of nitrogens with zero attached hydrogens (tertiary/aromatic N) is 6. The van der Waals surface area contributed by atoms with Crippen LogP contribution < -0.4 is 21.3 Å². The van der Waals surface area contributed by atoms with Gasteiger partial charge in [-0.15, -0.1) is 0 Å². The molecule has 2 rings (SSSR count). The first-order valence-corrected chi connectivity index (χ1v) is 11.2. The summed E-state index contributed by atoms with van der Waals surface area (Å²) < 4.78 is 0. The lowest BCUT2D eigenvalue weighted by Crippen LogP contribution is -2.33. The van der Waals surface area contributed by atoms with E-state index >= 15 is 0 Å². The molecular weight excluding hydrogens is 402 g/mol. The number of aromatic nitrogens is 3. The standard InChI is InChI=1S/C23H41N9/c1-23(2,3)29-21-26-20(25-19-12-10-18(24)11-13-19)27-22(28-21)32(16-8-14-30(4)5)17-9-15-31(6)7/h10-13H,8-9,14-17,24H2,1-7H3,(H2,25,26,27,28,29). The molecule has 0 radical (unpaired) electrons. The number of rotatable bonds is 12. The fourth-order valence-corrected chi connectivity index (χ4v) is 3.12. The molecule has 9 nitrogen and oxygen atoms in total. The number of nitrogen functional groups attached to an aromatic ring is 1. The van der Waals surface area contributed by atoms with E-state index in [1.165, 1.54) is 0 Å². The van der Waals surface area contributed by atoms with Crippen LogP contribution >= 0.6 is 0 Å². The van der Waals surface area contributed by atoms with Crippen molar-refractivity contribution in [3.8, 4) is 0 Å². The minimum Gasteiger partial charge on any atom is -0.399 e. The van der Waals surface area contributed by atoms with Crippen LogP contribution in [0.2, 0.25) is 0 Å². The fourth-order valence-electron chi connectivity index (χ4n) is 3.12. The van der Waals surface area contributed by atoms with Crippen LogP contribution in [0.1, 0.15) is 33.6 Å². The molecule has 0 saturated carbocycles. The highest BCUT2D eigenvalue weighted by molar-refractivity contribution is 5.59. The van der Waals surface area contributed by atoms with Gasteiger partial charge in [0.25, 0.3) is 0 Å². The zero-order valence-corrected chi connectivity index (χ0v) is 20.8. The van der Waals surface area contributed by atoms with Crippen molar-refractivity contribution >= 4 is 29.2 Å². The number of nitrogens with one attached hydrogen (secondary N) is 2. The molecule has 1 heterocycles. The van der Waals surface area contributed by atoms with Gasteiger partial charge < -0.3 is 31.1 Å². The Labute approximate surface area is 193 Å². The van der Waals surface area contributed by atoms with Crippen molar-refractivity contribution in [3.63, 3.8) is 0 Å². The molecule has 0 fully saturated rings. The van der Waals surface area contributed by atoms with Gasteiger partial charge in [0.05, 0.1) is 0 Å². The van der Waals surface area contributed by atoms with E-state index in [0.29, 0.717) is 17.8 Å². The van der Waals surface area contributed by atoms with Crippen LogP contribution in [0.3, 0.4) is 0 Å². The molecule has 0 spiro atoms. The van der Waals surface area contributed by atoms with Gasteiger partial charge in [0.15, 0.2) is 0 Å². The lowest BCUT2D eigenvalue weighted by atomic mass is 10.1. The van der Waals surface area contributed by atoms with Crippen LogP contribution in [0.25, 0.3) is 0 Å². The minimum atomic E-state index is -0.169. The van der Waals surface area contributed by atoms with E-state index in [9.17, 15) is 0 Å². The monoisotopic (exact) mass is 443 g/mol. The summed E-state index contributed by atoms with van der Waals surface area (Å²) in [4.78, 5) is 20.8. The Morgan fingerprint density at radius 2 is 1.31 bits per heavy atom. The van der Waals surface area contributed by atoms with E-state index < -0.39 is 0 Å². The summed E-state index contributed by atoms with van der Waals surface area (Å²) in [7, 11) is 8.39. The zero-order valence-electron chi connectivity index (χ0n) is 20.8. The predicted molar refractivity (Wildman–Crippen MR) is 136 cm³/mol. The molecule has 4 N–H and O–H groups in total. The van der Waals surface area contributed by atoms with Gasteiger partial charge in [-0.2, -0.15) is 15.0 Å². The summed E-state index contributed by atoms with van der Waals surface area (Å²) in [5.41, 5.74) is 7.25. The van der Waals surface area contributed by atoms with E-state index in [4.69, 9.17) is 15.7 Å². The Morgan fingerprint density at radius 3 is 1.81 bits per heavy atom. The highest BCUT2D eigenvalue weighted by atomic mass is 15.3. The maximum absolute atomic E-state index is 5.82. The van der Waals surface area contributed by atoms with Crippen LogP contribution in [0.5, 0.6) is 0 Å². The molecule has 0 aliphatic carbocycles. The van der Waals surface area contributed by atoms with E-state index in [1.807, 2.05) is 24.3 Å². The number of anilines is 5. The number of hydrogen-bond acceptors (Lipinski definition) is 9. The van der Waals surface area contributed by atoms with Crippen molar-refractivity contribution < 1.29 is 0 Å². The molecule has 0 amide bonds. The van der Waals surface area contributed by atoms with Crippen molar-refractivity contribution in [1.29, 1.82) is 0 Å². The Kier molecular flexibility index (Phi) is 9.46. The van der Waals surface area contributed by atoms with Gasteiger partial charge in [-0.25, -0.2) is 0 Å². The Balaban J connectivity index is 2.32. The summed E-state index contributed by atoms with van der Waals surface area (Å²) in [5, 5.41) is 6.70.